The van der Waals surface area contributed by atoms with Gasteiger partial charge in [-0.25, -0.2) is 0 Å². The Morgan fingerprint density at radius 1 is 1.18 bits per heavy atom. The molecule has 3 nitrogen and oxygen atoms in total. The molecule has 17 heavy (non-hydrogen) atoms. The zero-order valence-electron chi connectivity index (χ0n) is 11.2. The van der Waals surface area contributed by atoms with Gasteiger partial charge in [-0.3, -0.25) is 5.41 Å². The number of hydrogen-bond acceptors (Lipinski definition) is 2. The smallest absolute Gasteiger partial charge is 0.0920 e. The molecule has 1 saturated carbocycles. The second kappa shape index (κ2) is 5.38. The van der Waals surface area contributed by atoms with Crippen LogP contribution in [0.1, 0.15) is 58.3 Å². The van der Waals surface area contributed by atoms with Gasteiger partial charge in [0.1, 0.15) is 0 Å². The Morgan fingerprint density at radius 3 is 2.29 bits per heavy atom. The van der Waals surface area contributed by atoms with E-state index in [-0.39, 0.29) is 0 Å². The molecule has 1 heterocycles. The summed E-state index contributed by atoms with van der Waals surface area (Å²) in [5, 5.41) is 7.38. The summed E-state index contributed by atoms with van der Waals surface area (Å²) in [6, 6.07) is 0.452. The topological polar surface area (TPSA) is 53.1 Å². The molecule has 1 unspecified atom stereocenters. The lowest BCUT2D eigenvalue weighted by Gasteiger charge is -2.46. The number of amidine groups is 1. The Labute approximate surface area is 105 Å². The van der Waals surface area contributed by atoms with E-state index in [4.69, 9.17) is 11.1 Å². The molecule has 0 aromatic rings. The maximum absolute atomic E-state index is 7.38. The van der Waals surface area contributed by atoms with Crippen LogP contribution in [-0.4, -0.2) is 29.9 Å². The highest BCUT2D eigenvalue weighted by Crippen LogP contribution is 2.44. The van der Waals surface area contributed by atoms with Gasteiger partial charge in [-0.05, 0) is 51.1 Å². The number of likely N-dealkylation sites (tertiary alicyclic amines) is 1. The van der Waals surface area contributed by atoms with Crippen LogP contribution >= 0.6 is 0 Å². The molecule has 98 valence electrons. The van der Waals surface area contributed by atoms with Crippen molar-refractivity contribution >= 4 is 5.84 Å². The maximum atomic E-state index is 7.38. The molecule has 2 fully saturated rings. The zero-order chi connectivity index (χ0) is 12.3. The van der Waals surface area contributed by atoms with Crippen molar-refractivity contribution in [3.8, 4) is 0 Å². The van der Waals surface area contributed by atoms with Crippen molar-refractivity contribution in [2.75, 3.05) is 13.1 Å². The molecular formula is C14H27N3. The quantitative estimate of drug-likeness (QED) is 0.586. The highest BCUT2D eigenvalue weighted by Gasteiger charge is 2.36. The lowest BCUT2D eigenvalue weighted by Crippen LogP contribution is -2.45. The highest BCUT2D eigenvalue weighted by atomic mass is 15.2. The fraction of sp³-hybridized carbons (Fsp3) is 0.929. The molecule has 3 N–H and O–H groups in total. The standard InChI is InChI=1S/C14H27N3/c1-12(11-13(15)16)17-9-7-14(8-10-17)5-3-2-4-6-14/h12H,2-11H2,1H3,(H3,15,16). The van der Waals surface area contributed by atoms with E-state index in [1.165, 1.54) is 58.0 Å². The first-order valence-corrected chi connectivity index (χ1v) is 7.18. The fourth-order valence-electron chi connectivity index (χ4n) is 3.69. The van der Waals surface area contributed by atoms with Crippen LogP contribution in [0.5, 0.6) is 0 Å². The molecule has 0 aromatic carbocycles. The Balaban J connectivity index is 1.82. The summed E-state index contributed by atoms with van der Waals surface area (Å²) in [7, 11) is 0. The molecule has 1 saturated heterocycles. The molecule has 2 aliphatic rings. The van der Waals surface area contributed by atoms with Crippen molar-refractivity contribution < 1.29 is 0 Å². The summed E-state index contributed by atoms with van der Waals surface area (Å²) in [4.78, 5) is 2.53. The predicted molar refractivity (Wildman–Crippen MR) is 72.3 cm³/mol. The van der Waals surface area contributed by atoms with E-state index in [2.05, 4.69) is 11.8 Å². The molecule has 1 aliphatic heterocycles. The van der Waals surface area contributed by atoms with Crippen molar-refractivity contribution in [3.05, 3.63) is 0 Å². The molecule has 1 spiro atoms. The largest absolute Gasteiger partial charge is 0.388 e. The Hall–Kier alpha value is -0.570. The molecular weight excluding hydrogens is 210 g/mol. The van der Waals surface area contributed by atoms with E-state index in [0.29, 0.717) is 17.3 Å². The van der Waals surface area contributed by atoms with Gasteiger partial charge < -0.3 is 10.6 Å². The first-order valence-electron chi connectivity index (χ1n) is 7.18. The second-order valence-electron chi connectivity index (χ2n) is 6.18. The molecule has 1 atom stereocenters. The summed E-state index contributed by atoms with van der Waals surface area (Å²) in [5.41, 5.74) is 6.18. The number of piperidine rings is 1. The van der Waals surface area contributed by atoms with Gasteiger partial charge in [0.25, 0.3) is 0 Å². The first-order chi connectivity index (χ1) is 8.11. The minimum Gasteiger partial charge on any atom is -0.388 e. The Kier molecular flexibility index (Phi) is 4.08. The Morgan fingerprint density at radius 2 is 1.76 bits per heavy atom. The van der Waals surface area contributed by atoms with Crippen molar-refractivity contribution in [2.45, 2.75) is 64.3 Å². The monoisotopic (exact) mass is 237 g/mol. The number of nitrogens with one attached hydrogen (secondary N) is 1. The van der Waals surface area contributed by atoms with Crippen LogP contribution < -0.4 is 5.73 Å². The van der Waals surface area contributed by atoms with Crippen LogP contribution in [-0.2, 0) is 0 Å². The fourth-order valence-corrected chi connectivity index (χ4v) is 3.69. The molecule has 0 amide bonds. The van der Waals surface area contributed by atoms with E-state index in [9.17, 15) is 0 Å². The van der Waals surface area contributed by atoms with Crippen LogP contribution in [0.2, 0.25) is 0 Å². The molecule has 0 radical (unpaired) electrons. The van der Waals surface area contributed by atoms with Gasteiger partial charge in [-0.1, -0.05) is 19.3 Å². The van der Waals surface area contributed by atoms with Gasteiger partial charge in [0.05, 0.1) is 5.84 Å². The minimum atomic E-state index is 0.329. The predicted octanol–water partition coefficient (Wildman–Crippen LogP) is 2.75. The highest BCUT2D eigenvalue weighted by molar-refractivity contribution is 5.77. The van der Waals surface area contributed by atoms with Crippen LogP contribution in [0.15, 0.2) is 0 Å². The lowest BCUT2D eigenvalue weighted by molar-refractivity contribution is 0.0504. The van der Waals surface area contributed by atoms with Crippen molar-refractivity contribution in [2.24, 2.45) is 11.1 Å². The number of nitrogens with zero attached hydrogens (tertiary/aromatic N) is 1. The third-order valence-corrected chi connectivity index (χ3v) is 4.91. The van der Waals surface area contributed by atoms with Gasteiger partial charge in [-0.2, -0.15) is 0 Å². The summed E-state index contributed by atoms with van der Waals surface area (Å²) in [6.07, 6.45) is 10.7. The van der Waals surface area contributed by atoms with Crippen molar-refractivity contribution in [1.82, 2.24) is 4.90 Å². The van der Waals surface area contributed by atoms with E-state index < -0.39 is 0 Å². The Bertz CT molecular complexity index is 259. The van der Waals surface area contributed by atoms with Gasteiger partial charge in [0.2, 0.25) is 0 Å². The third-order valence-electron chi connectivity index (χ3n) is 4.91. The second-order valence-corrected chi connectivity index (χ2v) is 6.18. The average molecular weight is 237 g/mol. The number of hydrogen-bond donors (Lipinski definition) is 2. The van der Waals surface area contributed by atoms with Gasteiger partial charge in [-0.15, -0.1) is 0 Å². The van der Waals surface area contributed by atoms with Gasteiger partial charge in [0, 0.05) is 12.5 Å². The summed E-state index contributed by atoms with van der Waals surface area (Å²) in [6.45, 7) is 4.64. The molecule has 0 bridgehead atoms. The van der Waals surface area contributed by atoms with Crippen LogP contribution in [0.3, 0.4) is 0 Å². The van der Waals surface area contributed by atoms with E-state index in [1.54, 1.807) is 0 Å². The average Bonchev–Trinajstić information content (AvgIpc) is 2.30. The van der Waals surface area contributed by atoms with E-state index >= 15 is 0 Å². The zero-order valence-corrected chi connectivity index (χ0v) is 11.2. The van der Waals surface area contributed by atoms with Crippen LogP contribution in [0.25, 0.3) is 0 Å². The molecule has 2 rings (SSSR count). The van der Waals surface area contributed by atoms with E-state index in [1.807, 2.05) is 0 Å². The number of rotatable bonds is 3. The first kappa shape index (κ1) is 12.9. The van der Waals surface area contributed by atoms with Gasteiger partial charge in [0.15, 0.2) is 0 Å². The van der Waals surface area contributed by atoms with Crippen molar-refractivity contribution in [1.29, 1.82) is 5.41 Å². The maximum Gasteiger partial charge on any atom is 0.0920 e. The summed E-state index contributed by atoms with van der Waals surface area (Å²) in [5.74, 6) is 0.329. The van der Waals surface area contributed by atoms with Crippen LogP contribution in [0, 0.1) is 10.8 Å². The lowest BCUT2D eigenvalue weighted by atomic mass is 9.68. The summed E-state index contributed by atoms with van der Waals surface area (Å²) >= 11 is 0. The van der Waals surface area contributed by atoms with Crippen LogP contribution in [0.4, 0.5) is 0 Å². The molecule has 1 aliphatic carbocycles. The van der Waals surface area contributed by atoms with E-state index in [0.717, 1.165) is 6.42 Å². The minimum absolute atomic E-state index is 0.329. The van der Waals surface area contributed by atoms with Crippen molar-refractivity contribution in [3.63, 3.8) is 0 Å². The normalized spacial score (nSPS) is 26.9. The number of nitrogens with two attached hydrogens (primary N) is 1. The molecule has 0 aromatic heterocycles. The third kappa shape index (κ3) is 3.21. The summed E-state index contributed by atoms with van der Waals surface area (Å²) < 4.78 is 0. The van der Waals surface area contributed by atoms with Gasteiger partial charge >= 0.3 is 0 Å². The molecule has 3 heteroatoms. The SMILES string of the molecule is CC(CC(=N)N)N1CCC2(CCCCC2)CC1.